The molecule has 2 N–H and O–H groups in total. The van der Waals surface area contributed by atoms with Gasteiger partial charge < -0.3 is 10.6 Å². The molecule has 0 spiro atoms. The molecule has 0 saturated heterocycles. The van der Waals surface area contributed by atoms with Gasteiger partial charge in [-0.25, -0.2) is 0 Å². The Morgan fingerprint density at radius 1 is 0.783 bits per heavy atom. The van der Waals surface area contributed by atoms with Crippen LogP contribution in [0.1, 0.15) is 22.8 Å². The predicted octanol–water partition coefficient (Wildman–Crippen LogP) is 9.06. The lowest BCUT2D eigenvalue weighted by Crippen LogP contribution is -2.34. The summed E-state index contributed by atoms with van der Waals surface area (Å²) in [7, 11) is 0. The Balaban J connectivity index is 1.20. The largest absolute Gasteiger partial charge is 0.321 e. The van der Waals surface area contributed by atoms with Gasteiger partial charge in [-0.2, -0.15) is 0 Å². The Bertz CT molecular complexity index is 1900. The fourth-order valence-corrected chi connectivity index (χ4v) is 7.04. The van der Waals surface area contributed by atoms with Gasteiger partial charge in [-0.1, -0.05) is 84.0 Å². The van der Waals surface area contributed by atoms with E-state index in [4.69, 9.17) is 11.6 Å². The molecule has 1 aliphatic heterocycles. The van der Waals surface area contributed by atoms with E-state index in [1.807, 2.05) is 79.7 Å². The molecule has 1 heterocycles. The highest BCUT2D eigenvalue weighted by molar-refractivity contribution is 8.00. The first-order valence-corrected chi connectivity index (χ1v) is 16.5. The summed E-state index contributed by atoms with van der Waals surface area (Å²) in [5.41, 5.74) is 3.43. The van der Waals surface area contributed by atoms with Crippen LogP contribution in [0.3, 0.4) is 0 Å². The quantitative estimate of drug-likeness (QED) is 0.128. The van der Waals surface area contributed by atoms with E-state index in [0.29, 0.717) is 21.8 Å². The second-order valence-electron chi connectivity index (χ2n) is 10.4. The number of para-hydroxylation sites is 2. The topological polar surface area (TPSA) is 78.5 Å². The predicted molar refractivity (Wildman–Crippen MR) is 188 cm³/mol. The molecule has 0 bridgehead atoms. The molecular formula is C37H28ClN3O3S2. The van der Waals surface area contributed by atoms with Gasteiger partial charge in [0.25, 0.3) is 11.8 Å². The van der Waals surface area contributed by atoms with Crippen molar-refractivity contribution in [1.29, 1.82) is 0 Å². The van der Waals surface area contributed by atoms with Crippen LogP contribution in [0.4, 0.5) is 17.1 Å². The van der Waals surface area contributed by atoms with Gasteiger partial charge in [0.15, 0.2) is 0 Å². The fraction of sp³-hybridized carbons (Fsp3) is 0.0541. The molecule has 0 saturated carbocycles. The number of amides is 3. The highest BCUT2D eigenvalue weighted by Gasteiger charge is 2.31. The van der Waals surface area contributed by atoms with Crippen LogP contribution in [-0.2, 0) is 9.59 Å². The van der Waals surface area contributed by atoms with Crippen molar-refractivity contribution >= 4 is 76.0 Å². The third kappa shape index (κ3) is 7.21. The monoisotopic (exact) mass is 661 g/mol. The van der Waals surface area contributed by atoms with Gasteiger partial charge in [-0.3, -0.25) is 19.3 Å². The lowest BCUT2D eigenvalue weighted by Gasteiger charge is -2.32. The van der Waals surface area contributed by atoms with Crippen molar-refractivity contribution in [3.8, 4) is 0 Å². The number of rotatable bonds is 8. The molecule has 5 aromatic carbocycles. The van der Waals surface area contributed by atoms with E-state index in [1.165, 1.54) is 11.8 Å². The number of carbonyl (C=O) groups is 3. The van der Waals surface area contributed by atoms with Crippen molar-refractivity contribution < 1.29 is 14.4 Å². The van der Waals surface area contributed by atoms with Crippen molar-refractivity contribution in [2.24, 2.45) is 0 Å². The van der Waals surface area contributed by atoms with Crippen LogP contribution in [0.2, 0.25) is 5.02 Å². The van der Waals surface area contributed by atoms with Gasteiger partial charge in [-0.15, -0.1) is 11.8 Å². The van der Waals surface area contributed by atoms with Gasteiger partial charge >= 0.3 is 0 Å². The van der Waals surface area contributed by atoms with E-state index in [1.54, 1.807) is 77.3 Å². The van der Waals surface area contributed by atoms with E-state index in [0.717, 1.165) is 26.1 Å². The summed E-state index contributed by atoms with van der Waals surface area (Å²) in [6.07, 6.45) is 1.60. The minimum atomic E-state index is -0.496. The maximum atomic E-state index is 14.0. The molecule has 0 aliphatic carbocycles. The normalized spacial score (nSPS) is 12.8. The maximum absolute atomic E-state index is 14.0. The number of benzene rings is 5. The second kappa shape index (κ2) is 14.1. The van der Waals surface area contributed by atoms with E-state index < -0.39 is 17.1 Å². The lowest BCUT2D eigenvalue weighted by atomic mass is 10.1. The van der Waals surface area contributed by atoms with E-state index >= 15 is 0 Å². The highest BCUT2D eigenvalue weighted by atomic mass is 35.5. The first-order valence-electron chi connectivity index (χ1n) is 14.5. The zero-order chi connectivity index (χ0) is 32.0. The van der Waals surface area contributed by atoms with Crippen LogP contribution in [0.15, 0.2) is 148 Å². The molecule has 9 heteroatoms. The van der Waals surface area contributed by atoms with Crippen molar-refractivity contribution in [2.75, 3.05) is 10.2 Å². The van der Waals surface area contributed by atoms with Gasteiger partial charge in [0.05, 0.1) is 16.6 Å². The number of hydrogen-bond donors (Lipinski definition) is 2. The molecule has 0 fully saturated rings. The zero-order valence-electron chi connectivity index (χ0n) is 24.6. The Morgan fingerprint density at radius 2 is 1.41 bits per heavy atom. The fourth-order valence-electron chi connectivity index (χ4n) is 4.89. The summed E-state index contributed by atoms with van der Waals surface area (Å²) in [6, 6.07) is 38.8. The number of thioether (sulfide) groups is 1. The number of nitrogens with zero attached hydrogens (tertiary/aromatic N) is 1. The highest BCUT2D eigenvalue weighted by Crippen LogP contribution is 2.48. The molecule has 5 aromatic rings. The zero-order valence-corrected chi connectivity index (χ0v) is 27.0. The summed E-state index contributed by atoms with van der Waals surface area (Å²) < 4.78 is 0. The molecule has 1 aliphatic rings. The first kappa shape index (κ1) is 31.2. The third-order valence-electron chi connectivity index (χ3n) is 7.11. The van der Waals surface area contributed by atoms with E-state index in [-0.39, 0.29) is 11.6 Å². The van der Waals surface area contributed by atoms with Gasteiger partial charge in [0.1, 0.15) is 5.70 Å². The number of anilines is 3. The van der Waals surface area contributed by atoms with Crippen LogP contribution >= 0.6 is 35.1 Å². The lowest BCUT2D eigenvalue weighted by molar-refractivity contribution is -0.117. The van der Waals surface area contributed by atoms with Crippen LogP contribution in [0.5, 0.6) is 0 Å². The summed E-state index contributed by atoms with van der Waals surface area (Å²) >= 11 is 9.11. The molecule has 0 aromatic heterocycles. The smallest absolute Gasteiger partial charge is 0.272 e. The van der Waals surface area contributed by atoms with Crippen molar-refractivity contribution in [2.45, 2.75) is 26.9 Å². The van der Waals surface area contributed by atoms with Gasteiger partial charge in [0, 0.05) is 31.0 Å². The average molecular weight is 662 g/mol. The Kier molecular flexibility index (Phi) is 9.59. The van der Waals surface area contributed by atoms with Crippen LogP contribution in [0.25, 0.3) is 6.08 Å². The number of nitrogens with one attached hydrogen (secondary N) is 2. The van der Waals surface area contributed by atoms with Gasteiger partial charge in [-0.05, 0) is 85.3 Å². The summed E-state index contributed by atoms with van der Waals surface area (Å²) in [6.45, 7) is 1.89. The van der Waals surface area contributed by atoms with Crippen LogP contribution in [0, 0.1) is 0 Å². The Morgan fingerprint density at radius 3 is 2.09 bits per heavy atom. The molecule has 6 nitrogen and oxygen atoms in total. The molecule has 0 radical (unpaired) electrons. The average Bonchev–Trinajstić information content (AvgIpc) is 3.08. The number of fused-ring (bicyclic) bond motifs is 2. The third-order valence-corrected chi connectivity index (χ3v) is 9.58. The molecule has 1 unspecified atom stereocenters. The Labute approximate surface area is 280 Å². The van der Waals surface area contributed by atoms with E-state index in [9.17, 15) is 14.4 Å². The minimum Gasteiger partial charge on any atom is -0.321 e. The minimum absolute atomic E-state index is 0.0450. The summed E-state index contributed by atoms with van der Waals surface area (Å²) in [5, 5.41) is 5.79. The molecule has 46 heavy (non-hydrogen) atoms. The molecule has 6 rings (SSSR count). The number of carbonyl (C=O) groups excluding carboxylic acids is 3. The molecule has 1 atom stereocenters. The molecule has 3 amide bonds. The summed E-state index contributed by atoms with van der Waals surface area (Å²) in [4.78, 5) is 45.2. The molecule has 228 valence electrons. The first-order chi connectivity index (χ1) is 22.4. The number of hydrogen-bond acceptors (Lipinski definition) is 5. The SMILES string of the molecule is CC(Sc1cccc(NC(=O)/C(=C\c2ccc(Cl)cc2)NC(=O)c2ccccc2)c1)C(=O)N1c2ccccc2Sc2ccccc21. The van der Waals surface area contributed by atoms with Crippen molar-refractivity contribution in [3.05, 3.63) is 149 Å². The van der Waals surface area contributed by atoms with E-state index in [2.05, 4.69) is 10.6 Å². The van der Waals surface area contributed by atoms with Crippen molar-refractivity contribution in [1.82, 2.24) is 5.32 Å². The van der Waals surface area contributed by atoms with Crippen LogP contribution < -0.4 is 15.5 Å². The molecular weight excluding hydrogens is 634 g/mol. The van der Waals surface area contributed by atoms with Crippen molar-refractivity contribution in [3.63, 3.8) is 0 Å². The maximum Gasteiger partial charge on any atom is 0.272 e. The number of halogens is 1. The second-order valence-corrected chi connectivity index (χ2v) is 13.3. The summed E-state index contributed by atoms with van der Waals surface area (Å²) in [5.74, 6) is -0.951. The Hall–Kier alpha value is -4.76. The van der Waals surface area contributed by atoms with Gasteiger partial charge in [0.2, 0.25) is 5.91 Å². The standard InChI is InChI=1S/C37H28ClN3O3S2/c1-24(37(44)41-31-14-5-7-16-33(31)46-34-17-8-6-15-32(34)41)45-29-13-9-12-28(23-29)39-36(43)30(22-25-18-20-27(38)21-19-25)40-35(42)26-10-3-2-4-11-26/h2-24H,1H3,(H,39,43)(H,40,42)/b30-22+. The van der Waals surface area contributed by atoms with Crippen LogP contribution in [-0.4, -0.2) is 23.0 Å².